The Labute approximate surface area is 192 Å². The van der Waals surface area contributed by atoms with Gasteiger partial charge in [0, 0.05) is 29.8 Å². The van der Waals surface area contributed by atoms with Crippen molar-refractivity contribution in [3.05, 3.63) is 40.9 Å². The van der Waals surface area contributed by atoms with Crippen LogP contribution in [0.5, 0.6) is 0 Å². The first-order valence-electron chi connectivity index (χ1n) is 10.8. The maximum Gasteiger partial charge on any atom is 0.242 e. The summed E-state index contributed by atoms with van der Waals surface area (Å²) in [5, 5.41) is 3.61. The van der Waals surface area contributed by atoms with E-state index in [0.717, 1.165) is 23.2 Å². The highest BCUT2D eigenvalue weighted by atomic mass is 35.5. The van der Waals surface area contributed by atoms with Gasteiger partial charge in [-0.25, -0.2) is 15.0 Å². The summed E-state index contributed by atoms with van der Waals surface area (Å²) < 4.78 is 1.95. The number of carbonyl (C=O) groups is 1. The predicted molar refractivity (Wildman–Crippen MR) is 127 cm³/mol. The van der Waals surface area contributed by atoms with Crippen molar-refractivity contribution in [3.63, 3.8) is 0 Å². The molecule has 5 N–H and O–H groups in total. The molecule has 3 aromatic rings. The van der Waals surface area contributed by atoms with Crippen molar-refractivity contribution < 1.29 is 4.79 Å². The lowest BCUT2D eigenvalue weighted by Gasteiger charge is -2.28. The zero-order valence-corrected chi connectivity index (χ0v) is 19.4. The van der Waals surface area contributed by atoms with Gasteiger partial charge >= 0.3 is 0 Å². The molecule has 0 saturated carbocycles. The van der Waals surface area contributed by atoms with Gasteiger partial charge in [-0.1, -0.05) is 18.5 Å². The third-order valence-corrected chi connectivity index (χ3v) is 6.15. The maximum absolute atomic E-state index is 12.7. The van der Waals surface area contributed by atoms with E-state index in [1.54, 1.807) is 6.33 Å². The Morgan fingerprint density at radius 1 is 1.31 bits per heavy atom. The number of halogens is 1. The average molecular weight is 457 g/mol. The molecule has 1 fully saturated rings. The number of amides is 1. The number of fused-ring (bicyclic) bond motifs is 1. The highest BCUT2D eigenvalue weighted by Gasteiger charge is 2.42. The lowest BCUT2D eigenvalue weighted by Crippen LogP contribution is -2.57. The van der Waals surface area contributed by atoms with Crippen molar-refractivity contribution in [3.8, 4) is 0 Å². The molecule has 0 spiro atoms. The van der Waals surface area contributed by atoms with Crippen molar-refractivity contribution in [1.29, 1.82) is 0 Å². The van der Waals surface area contributed by atoms with E-state index >= 15 is 0 Å². The van der Waals surface area contributed by atoms with Crippen LogP contribution < -0.4 is 21.7 Å². The summed E-state index contributed by atoms with van der Waals surface area (Å²) in [7, 11) is 0. The van der Waals surface area contributed by atoms with Crippen LogP contribution in [0, 0.1) is 0 Å². The van der Waals surface area contributed by atoms with E-state index in [9.17, 15) is 4.79 Å². The van der Waals surface area contributed by atoms with E-state index in [2.05, 4.69) is 32.1 Å². The molecule has 1 aromatic carbocycles. The van der Waals surface area contributed by atoms with Gasteiger partial charge in [-0.05, 0) is 49.9 Å². The molecule has 0 unspecified atom stereocenters. The fourth-order valence-electron chi connectivity index (χ4n) is 4.27. The van der Waals surface area contributed by atoms with Crippen LogP contribution in [-0.4, -0.2) is 50.1 Å². The quantitative estimate of drug-likeness (QED) is 0.518. The molecular weight excluding hydrogens is 428 g/mol. The van der Waals surface area contributed by atoms with Crippen LogP contribution in [0.15, 0.2) is 24.8 Å². The Hall–Kier alpha value is -2.91. The first-order chi connectivity index (χ1) is 15.2. The van der Waals surface area contributed by atoms with E-state index in [1.807, 2.05) is 30.5 Å². The number of hydrogen-bond acceptors (Lipinski definition) is 7. The van der Waals surface area contributed by atoms with Crippen molar-refractivity contribution >= 4 is 40.2 Å². The zero-order valence-electron chi connectivity index (χ0n) is 18.6. The minimum atomic E-state index is -0.945. The van der Waals surface area contributed by atoms with Gasteiger partial charge in [0.2, 0.25) is 5.91 Å². The molecule has 2 aromatic heterocycles. The molecule has 32 heavy (non-hydrogen) atoms. The summed E-state index contributed by atoms with van der Waals surface area (Å²) in [4.78, 5) is 27.7. The van der Waals surface area contributed by atoms with Crippen molar-refractivity contribution in [1.82, 2.24) is 24.8 Å². The number of carbonyl (C=O) groups excluding carboxylic acids is 1. The van der Waals surface area contributed by atoms with Gasteiger partial charge in [0.05, 0.1) is 12.9 Å². The number of nitrogens with two attached hydrogens (primary N) is 2. The molecular formula is C22H29ClN8O. The second-order valence-corrected chi connectivity index (χ2v) is 9.11. The summed E-state index contributed by atoms with van der Waals surface area (Å²) in [5.74, 6) is 0.228. The van der Waals surface area contributed by atoms with Crippen LogP contribution >= 0.6 is 11.6 Å². The van der Waals surface area contributed by atoms with Crippen molar-refractivity contribution in [2.45, 2.75) is 51.7 Å². The number of rotatable bonds is 6. The summed E-state index contributed by atoms with van der Waals surface area (Å²) in [6.45, 7) is 7.58. The topological polar surface area (TPSA) is 128 Å². The lowest BCUT2D eigenvalue weighted by molar-refractivity contribution is -0.126. The van der Waals surface area contributed by atoms with E-state index < -0.39 is 5.54 Å². The first kappa shape index (κ1) is 22.3. The summed E-state index contributed by atoms with van der Waals surface area (Å²) in [6.07, 6.45) is 4.54. The second kappa shape index (κ2) is 8.55. The summed E-state index contributed by atoms with van der Waals surface area (Å²) in [6, 6.07) is 3.97. The molecule has 1 saturated heterocycles. The molecule has 1 amide bonds. The number of benzene rings is 1. The highest BCUT2D eigenvalue weighted by Crippen LogP contribution is 2.34. The van der Waals surface area contributed by atoms with Crippen LogP contribution in [0.3, 0.4) is 0 Å². The lowest BCUT2D eigenvalue weighted by atomic mass is 9.98. The van der Waals surface area contributed by atoms with Gasteiger partial charge in [-0.2, -0.15) is 0 Å². The van der Waals surface area contributed by atoms with Gasteiger partial charge in [0.25, 0.3) is 0 Å². The Bertz CT molecular complexity index is 1160. The molecule has 1 aliphatic heterocycles. The maximum atomic E-state index is 12.7. The van der Waals surface area contributed by atoms with Gasteiger partial charge < -0.3 is 26.3 Å². The standard InChI is InChI=1S/C22H29ClN8O/c1-4-14-7-15(23)8-17(30-6-5-22(25,10-30)21(32)29-13(2)3)16(14)9-31-12-28-18-19(24)26-11-27-20(18)31/h7-8,11-13H,4-6,9-10,25H2,1-3H3,(H,29,32)(H2,24,26,27)/t22-/m1/s1. The molecule has 4 rings (SSSR count). The number of aryl methyl sites for hydroxylation is 1. The van der Waals surface area contributed by atoms with Gasteiger partial charge in [-0.3, -0.25) is 4.79 Å². The molecule has 0 aliphatic carbocycles. The Morgan fingerprint density at radius 3 is 2.81 bits per heavy atom. The molecule has 0 bridgehead atoms. The van der Waals surface area contributed by atoms with Crippen LogP contribution in [0.2, 0.25) is 5.02 Å². The van der Waals surface area contributed by atoms with Crippen LogP contribution in [-0.2, 0) is 17.8 Å². The fourth-order valence-corrected chi connectivity index (χ4v) is 4.51. The van der Waals surface area contributed by atoms with E-state index in [-0.39, 0.29) is 11.9 Å². The van der Waals surface area contributed by atoms with E-state index in [1.165, 1.54) is 6.33 Å². The monoisotopic (exact) mass is 456 g/mol. The SMILES string of the molecule is CCc1cc(Cl)cc(N2CC[C@](N)(C(=O)NC(C)C)C2)c1Cn1cnc2c(N)ncnc21. The van der Waals surface area contributed by atoms with Crippen molar-refractivity contribution in [2.75, 3.05) is 23.7 Å². The van der Waals surface area contributed by atoms with Crippen LogP contribution in [0.4, 0.5) is 11.5 Å². The van der Waals surface area contributed by atoms with E-state index in [0.29, 0.717) is 48.1 Å². The zero-order chi connectivity index (χ0) is 23.0. The second-order valence-electron chi connectivity index (χ2n) is 8.68. The Morgan fingerprint density at radius 2 is 2.09 bits per heavy atom. The molecule has 9 nitrogen and oxygen atoms in total. The number of imidazole rings is 1. The summed E-state index contributed by atoms with van der Waals surface area (Å²) in [5.41, 5.74) is 16.0. The number of aromatic nitrogens is 4. The number of nitrogens with zero attached hydrogens (tertiary/aromatic N) is 5. The smallest absolute Gasteiger partial charge is 0.242 e. The van der Waals surface area contributed by atoms with E-state index in [4.69, 9.17) is 23.1 Å². The summed E-state index contributed by atoms with van der Waals surface area (Å²) >= 11 is 6.49. The molecule has 1 aliphatic rings. The minimum Gasteiger partial charge on any atom is -0.382 e. The van der Waals surface area contributed by atoms with Gasteiger partial charge in [0.15, 0.2) is 11.5 Å². The Kier molecular flexibility index (Phi) is 5.96. The normalized spacial score (nSPS) is 18.6. The molecule has 3 heterocycles. The minimum absolute atomic E-state index is 0.0364. The first-order valence-corrected chi connectivity index (χ1v) is 11.2. The van der Waals surface area contributed by atoms with Crippen molar-refractivity contribution in [2.24, 2.45) is 5.73 Å². The number of anilines is 2. The predicted octanol–water partition coefficient (Wildman–Crippen LogP) is 2.10. The van der Waals surface area contributed by atoms with Crippen LogP contribution in [0.1, 0.15) is 38.3 Å². The van der Waals surface area contributed by atoms with Crippen LogP contribution in [0.25, 0.3) is 11.2 Å². The molecule has 1 atom stereocenters. The number of hydrogen-bond donors (Lipinski definition) is 3. The number of nitrogen functional groups attached to an aromatic ring is 1. The van der Waals surface area contributed by atoms with Gasteiger partial charge in [-0.15, -0.1) is 0 Å². The fraction of sp³-hybridized carbons (Fsp3) is 0.455. The third kappa shape index (κ3) is 4.10. The highest BCUT2D eigenvalue weighted by molar-refractivity contribution is 6.31. The molecule has 170 valence electrons. The largest absolute Gasteiger partial charge is 0.382 e. The average Bonchev–Trinajstić information content (AvgIpc) is 3.34. The number of nitrogens with one attached hydrogen (secondary N) is 1. The molecule has 10 heteroatoms. The third-order valence-electron chi connectivity index (χ3n) is 5.94. The Balaban J connectivity index is 1.71. The van der Waals surface area contributed by atoms with Gasteiger partial charge in [0.1, 0.15) is 17.4 Å². The molecule has 0 radical (unpaired) electrons.